The molecule has 0 fully saturated rings. The normalized spacial score (nSPS) is 14.5. The van der Waals surface area contributed by atoms with Gasteiger partial charge in [-0.05, 0) is 37.1 Å². The van der Waals surface area contributed by atoms with Crippen molar-refractivity contribution in [3.8, 4) is 17.1 Å². The first-order chi connectivity index (χ1) is 13.6. The van der Waals surface area contributed by atoms with Crippen LogP contribution in [0.4, 0.5) is 0 Å². The molecule has 0 aliphatic carbocycles. The maximum Gasteiger partial charge on any atom is 0.256 e. The molecule has 1 aliphatic rings. The Bertz CT molecular complexity index is 874. The van der Waals surface area contributed by atoms with E-state index in [9.17, 15) is 9.59 Å². The fraction of sp³-hybridized carbons (Fsp3) is 0.500. The monoisotopic (exact) mass is 383 g/mol. The van der Waals surface area contributed by atoms with Crippen LogP contribution in [0.2, 0.25) is 0 Å². The number of methoxy groups -OCH3 is 1. The number of carbonyl (C=O) groups is 1. The summed E-state index contributed by atoms with van der Waals surface area (Å²) in [5.74, 6) is 1.53. The van der Waals surface area contributed by atoms with Gasteiger partial charge < -0.3 is 14.6 Å². The van der Waals surface area contributed by atoms with E-state index < -0.39 is 0 Å². The van der Waals surface area contributed by atoms with E-state index in [2.05, 4.69) is 23.8 Å². The number of H-pyrrole nitrogens is 1. The van der Waals surface area contributed by atoms with Gasteiger partial charge in [-0.2, -0.15) is 0 Å². The second-order valence-corrected chi connectivity index (χ2v) is 7.33. The zero-order chi connectivity index (χ0) is 20.1. The third-order valence-electron chi connectivity index (χ3n) is 5.49. The minimum absolute atomic E-state index is 0.0483. The summed E-state index contributed by atoms with van der Waals surface area (Å²) < 4.78 is 5.18. The van der Waals surface area contributed by atoms with Gasteiger partial charge in [0.25, 0.3) is 5.56 Å². The summed E-state index contributed by atoms with van der Waals surface area (Å²) in [7, 11) is 1.62. The second kappa shape index (κ2) is 9.04. The molecular formula is C22H29N3O3. The molecule has 1 aromatic heterocycles. The highest BCUT2D eigenvalue weighted by molar-refractivity contribution is 5.79. The van der Waals surface area contributed by atoms with Crippen LogP contribution in [0, 0.1) is 5.92 Å². The lowest BCUT2D eigenvalue weighted by Gasteiger charge is -2.31. The van der Waals surface area contributed by atoms with E-state index in [1.54, 1.807) is 7.11 Å². The van der Waals surface area contributed by atoms with Crippen LogP contribution in [0.25, 0.3) is 11.4 Å². The summed E-state index contributed by atoms with van der Waals surface area (Å²) in [6.07, 6.45) is 4.51. The standard InChI is InChI=1S/C22H29N3O3/c1-4-6-7-15(5-2)22(27)25-13-12-19-18(14-25)21(26)24-20(23-19)16-8-10-17(28-3)11-9-16/h8-11,15H,4-7,12-14H2,1-3H3,(H,23,24,26)/t15-/m0/s1. The number of nitrogens with one attached hydrogen (secondary N) is 1. The van der Waals surface area contributed by atoms with Gasteiger partial charge in [-0.15, -0.1) is 0 Å². The lowest BCUT2D eigenvalue weighted by atomic mass is 9.96. The molecule has 6 heteroatoms. The van der Waals surface area contributed by atoms with Crippen molar-refractivity contribution in [1.82, 2.24) is 14.9 Å². The predicted molar refractivity (Wildman–Crippen MR) is 109 cm³/mol. The van der Waals surface area contributed by atoms with Gasteiger partial charge >= 0.3 is 0 Å². The van der Waals surface area contributed by atoms with Gasteiger partial charge in [-0.1, -0.05) is 26.7 Å². The number of aromatic nitrogens is 2. The average Bonchev–Trinajstić information content (AvgIpc) is 2.74. The van der Waals surface area contributed by atoms with E-state index in [0.29, 0.717) is 30.9 Å². The van der Waals surface area contributed by atoms with Crippen molar-refractivity contribution in [2.75, 3.05) is 13.7 Å². The summed E-state index contributed by atoms with van der Waals surface area (Å²) in [6.45, 7) is 5.17. The van der Waals surface area contributed by atoms with Crippen molar-refractivity contribution >= 4 is 5.91 Å². The van der Waals surface area contributed by atoms with E-state index in [4.69, 9.17) is 4.74 Å². The van der Waals surface area contributed by atoms with Gasteiger partial charge in [-0.3, -0.25) is 9.59 Å². The number of carbonyl (C=O) groups excluding carboxylic acids is 1. The Morgan fingerprint density at radius 2 is 2.04 bits per heavy atom. The number of benzene rings is 1. The molecule has 3 rings (SSSR count). The van der Waals surface area contributed by atoms with Crippen molar-refractivity contribution < 1.29 is 9.53 Å². The number of ether oxygens (including phenoxy) is 1. The van der Waals surface area contributed by atoms with E-state index in [0.717, 1.165) is 42.7 Å². The smallest absolute Gasteiger partial charge is 0.256 e. The van der Waals surface area contributed by atoms with E-state index in [1.807, 2.05) is 29.2 Å². The molecule has 0 saturated carbocycles. The number of amides is 1. The molecule has 150 valence electrons. The first-order valence-electron chi connectivity index (χ1n) is 10.1. The fourth-order valence-corrected chi connectivity index (χ4v) is 3.71. The molecule has 1 amide bonds. The highest BCUT2D eigenvalue weighted by atomic mass is 16.5. The number of hydrogen-bond donors (Lipinski definition) is 1. The molecular weight excluding hydrogens is 354 g/mol. The summed E-state index contributed by atoms with van der Waals surface area (Å²) in [4.78, 5) is 35.0. The first kappa shape index (κ1) is 20.1. The van der Waals surface area contributed by atoms with Gasteiger partial charge in [0, 0.05) is 24.4 Å². The fourth-order valence-electron chi connectivity index (χ4n) is 3.71. The molecule has 0 unspecified atom stereocenters. The highest BCUT2D eigenvalue weighted by Gasteiger charge is 2.28. The van der Waals surface area contributed by atoms with Gasteiger partial charge in [-0.25, -0.2) is 4.98 Å². The zero-order valence-electron chi connectivity index (χ0n) is 17.0. The number of aromatic amines is 1. The van der Waals surface area contributed by atoms with E-state index in [-0.39, 0.29) is 17.4 Å². The van der Waals surface area contributed by atoms with Crippen molar-refractivity contribution in [3.63, 3.8) is 0 Å². The molecule has 2 heterocycles. The molecule has 28 heavy (non-hydrogen) atoms. The maximum absolute atomic E-state index is 12.9. The summed E-state index contributed by atoms with van der Waals surface area (Å²) in [6, 6.07) is 7.44. The Balaban J connectivity index is 1.80. The quantitative estimate of drug-likeness (QED) is 0.793. The molecule has 6 nitrogen and oxygen atoms in total. The lowest BCUT2D eigenvalue weighted by Crippen LogP contribution is -2.42. The first-order valence-corrected chi connectivity index (χ1v) is 10.1. The van der Waals surface area contributed by atoms with Crippen LogP contribution in [0.5, 0.6) is 5.75 Å². The van der Waals surface area contributed by atoms with Crippen LogP contribution < -0.4 is 10.3 Å². The van der Waals surface area contributed by atoms with Gasteiger partial charge in [0.05, 0.1) is 24.9 Å². The average molecular weight is 383 g/mol. The Morgan fingerprint density at radius 3 is 2.68 bits per heavy atom. The molecule has 1 aliphatic heterocycles. The molecule has 0 spiro atoms. The van der Waals surface area contributed by atoms with Crippen molar-refractivity contribution in [3.05, 3.63) is 45.9 Å². The van der Waals surface area contributed by atoms with Crippen LogP contribution >= 0.6 is 0 Å². The van der Waals surface area contributed by atoms with Gasteiger partial charge in [0.1, 0.15) is 11.6 Å². The van der Waals surface area contributed by atoms with Crippen molar-refractivity contribution in [2.24, 2.45) is 5.92 Å². The number of hydrogen-bond acceptors (Lipinski definition) is 4. The van der Waals surface area contributed by atoms with Crippen LogP contribution in [0.3, 0.4) is 0 Å². The molecule has 0 bridgehead atoms. The lowest BCUT2D eigenvalue weighted by molar-refractivity contribution is -0.136. The highest BCUT2D eigenvalue weighted by Crippen LogP contribution is 2.23. The third-order valence-corrected chi connectivity index (χ3v) is 5.49. The molecule has 1 N–H and O–H groups in total. The molecule has 2 aromatic rings. The minimum Gasteiger partial charge on any atom is -0.497 e. The molecule has 1 atom stereocenters. The van der Waals surface area contributed by atoms with Crippen molar-refractivity contribution in [2.45, 2.75) is 52.5 Å². The largest absolute Gasteiger partial charge is 0.497 e. The molecule has 0 radical (unpaired) electrons. The number of rotatable bonds is 7. The van der Waals surface area contributed by atoms with Crippen LogP contribution in [-0.2, 0) is 17.8 Å². The summed E-state index contributed by atoms with van der Waals surface area (Å²) in [5, 5.41) is 0. The Morgan fingerprint density at radius 1 is 1.29 bits per heavy atom. The summed E-state index contributed by atoms with van der Waals surface area (Å²) in [5.41, 5.74) is 2.09. The third kappa shape index (κ3) is 4.26. The minimum atomic E-state index is -0.157. The predicted octanol–water partition coefficient (Wildman–Crippen LogP) is 3.55. The SMILES string of the molecule is CCCC[C@H](CC)C(=O)N1CCc2nc(-c3ccc(OC)cc3)[nH]c(=O)c2C1. The Labute approximate surface area is 165 Å². The van der Waals surface area contributed by atoms with E-state index in [1.165, 1.54) is 0 Å². The second-order valence-electron chi connectivity index (χ2n) is 7.33. The van der Waals surface area contributed by atoms with E-state index >= 15 is 0 Å². The van der Waals surface area contributed by atoms with Crippen LogP contribution in [0.1, 0.15) is 50.8 Å². The van der Waals surface area contributed by atoms with Crippen molar-refractivity contribution in [1.29, 1.82) is 0 Å². The Kier molecular flexibility index (Phi) is 6.49. The number of unbranched alkanes of at least 4 members (excludes halogenated alkanes) is 1. The molecule has 0 saturated heterocycles. The van der Waals surface area contributed by atoms with Gasteiger partial charge in [0.15, 0.2) is 0 Å². The summed E-state index contributed by atoms with van der Waals surface area (Å²) >= 11 is 0. The molecule has 1 aromatic carbocycles. The number of nitrogens with zero attached hydrogens (tertiary/aromatic N) is 2. The Hall–Kier alpha value is -2.63. The topological polar surface area (TPSA) is 75.3 Å². The zero-order valence-corrected chi connectivity index (χ0v) is 17.0. The van der Waals surface area contributed by atoms with Crippen LogP contribution in [-0.4, -0.2) is 34.4 Å². The maximum atomic E-state index is 12.9. The number of fused-ring (bicyclic) bond motifs is 1. The van der Waals surface area contributed by atoms with Gasteiger partial charge in [0.2, 0.25) is 5.91 Å². The van der Waals surface area contributed by atoms with Crippen LogP contribution in [0.15, 0.2) is 29.1 Å².